The fourth-order valence-electron chi connectivity index (χ4n) is 4.76. The number of hydrogen-bond donors (Lipinski definition) is 0. The number of nitrogens with zero attached hydrogens (tertiary/aromatic N) is 6. The van der Waals surface area contributed by atoms with Crippen molar-refractivity contribution in [3.63, 3.8) is 0 Å². The summed E-state index contributed by atoms with van der Waals surface area (Å²) in [6, 6.07) is 15.8. The van der Waals surface area contributed by atoms with E-state index in [1.807, 2.05) is 59.2 Å². The van der Waals surface area contributed by atoms with Crippen molar-refractivity contribution in [3.8, 4) is 16.9 Å². The Morgan fingerprint density at radius 3 is 2.45 bits per heavy atom. The second-order valence-electron chi connectivity index (χ2n) is 9.22. The average Bonchev–Trinajstić information content (AvgIpc) is 3.58. The van der Waals surface area contributed by atoms with Crippen molar-refractivity contribution in [2.24, 2.45) is 12.0 Å². The van der Waals surface area contributed by atoms with Crippen LogP contribution in [0.3, 0.4) is 0 Å². The Morgan fingerprint density at radius 2 is 1.79 bits per heavy atom. The van der Waals surface area contributed by atoms with Gasteiger partial charge in [-0.15, -0.1) is 11.3 Å². The van der Waals surface area contributed by atoms with Gasteiger partial charge in [0.05, 0.1) is 22.0 Å². The minimum atomic E-state index is -0.421. The molecule has 2 aromatic heterocycles. The molecule has 0 atom stereocenters. The Morgan fingerprint density at radius 1 is 1.05 bits per heavy atom. The van der Waals surface area contributed by atoms with Crippen molar-refractivity contribution in [1.29, 1.82) is 0 Å². The standard InChI is InChI=1S/C27H28N6O4S/c1-19-25(26(35)32(29(19)2)21-8-4-3-5-9-21)28-27-31(17-7-16-30-15-6-10-24(30)34)23(18-38-27)20-11-13-22(14-12-20)33(36)37/h3-5,8-9,11-14,18H,6-7,10,15-17H2,1-2H3. The van der Waals surface area contributed by atoms with E-state index in [4.69, 9.17) is 4.99 Å². The summed E-state index contributed by atoms with van der Waals surface area (Å²) in [5, 5.41) is 13.1. The van der Waals surface area contributed by atoms with Crippen LogP contribution in [0.25, 0.3) is 16.9 Å². The molecule has 0 N–H and O–H groups in total. The molecule has 0 radical (unpaired) electrons. The maximum atomic E-state index is 13.5. The van der Waals surface area contributed by atoms with Gasteiger partial charge in [0.1, 0.15) is 0 Å². The molecule has 4 aromatic rings. The van der Waals surface area contributed by atoms with E-state index in [9.17, 15) is 19.7 Å². The summed E-state index contributed by atoms with van der Waals surface area (Å²) in [5.41, 5.74) is 3.33. The predicted octanol–water partition coefficient (Wildman–Crippen LogP) is 4.17. The third-order valence-corrected chi connectivity index (χ3v) is 7.75. The van der Waals surface area contributed by atoms with Crippen LogP contribution in [-0.4, -0.2) is 42.8 Å². The molecule has 3 heterocycles. The molecule has 1 fully saturated rings. The van der Waals surface area contributed by atoms with Gasteiger partial charge in [0.25, 0.3) is 11.2 Å². The lowest BCUT2D eigenvalue weighted by Crippen LogP contribution is -2.27. The maximum Gasteiger partial charge on any atom is 0.297 e. The van der Waals surface area contributed by atoms with E-state index in [1.165, 1.54) is 23.5 Å². The molecule has 0 aliphatic carbocycles. The minimum absolute atomic E-state index is 0.0226. The average molecular weight is 533 g/mol. The van der Waals surface area contributed by atoms with E-state index in [2.05, 4.69) is 0 Å². The van der Waals surface area contributed by atoms with Crippen LogP contribution < -0.4 is 10.4 Å². The summed E-state index contributed by atoms with van der Waals surface area (Å²) in [5.74, 6) is 0.183. The van der Waals surface area contributed by atoms with Gasteiger partial charge in [-0.05, 0) is 49.6 Å². The summed E-state index contributed by atoms with van der Waals surface area (Å²) in [4.78, 5) is 43.6. The van der Waals surface area contributed by atoms with Gasteiger partial charge in [-0.3, -0.25) is 24.4 Å². The number of nitro groups is 1. The van der Waals surface area contributed by atoms with Crippen LogP contribution in [0.15, 0.2) is 69.8 Å². The number of rotatable bonds is 8. The highest BCUT2D eigenvalue weighted by Gasteiger charge is 2.20. The molecule has 0 unspecified atom stereocenters. The molecule has 38 heavy (non-hydrogen) atoms. The largest absolute Gasteiger partial charge is 0.343 e. The Kier molecular flexibility index (Phi) is 7.10. The molecule has 11 heteroatoms. The maximum absolute atomic E-state index is 13.5. The number of non-ortho nitro benzene ring substituents is 1. The summed E-state index contributed by atoms with van der Waals surface area (Å²) in [6.45, 7) is 3.87. The zero-order valence-electron chi connectivity index (χ0n) is 21.2. The first-order valence-corrected chi connectivity index (χ1v) is 13.3. The van der Waals surface area contributed by atoms with Crippen LogP contribution in [0, 0.1) is 17.0 Å². The Labute approximate surface area is 222 Å². The fourth-order valence-corrected chi connectivity index (χ4v) is 5.70. The minimum Gasteiger partial charge on any atom is -0.343 e. The van der Waals surface area contributed by atoms with Crippen molar-refractivity contribution in [2.45, 2.75) is 32.7 Å². The summed E-state index contributed by atoms with van der Waals surface area (Å²) in [7, 11) is 1.83. The van der Waals surface area contributed by atoms with Gasteiger partial charge in [0.2, 0.25) is 5.91 Å². The SMILES string of the molecule is Cc1c(N=c2scc(-c3ccc([N+](=O)[O-])cc3)n2CCCN2CCCC2=O)c(=O)n(-c2ccccc2)n1C. The van der Waals surface area contributed by atoms with Gasteiger partial charge >= 0.3 is 0 Å². The molecule has 1 saturated heterocycles. The van der Waals surface area contributed by atoms with Crippen LogP contribution >= 0.6 is 11.3 Å². The van der Waals surface area contributed by atoms with E-state index in [1.54, 1.807) is 21.5 Å². The van der Waals surface area contributed by atoms with Crippen LogP contribution in [-0.2, 0) is 18.4 Å². The van der Waals surface area contributed by atoms with Crippen LogP contribution in [0.5, 0.6) is 0 Å². The van der Waals surface area contributed by atoms with E-state index in [-0.39, 0.29) is 17.2 Å². The molecular formula is C27H28N6O4S. The monoisotopic (exact) mass is 532 g/mol. The summed E-state index contributed by atoms with van der Waals surface area (Å²) < 4.78 is 5.43. The van der Waals surface area contributed by atoms with E-state index < -0.39 is 4.92 Å². The zero-order chi connectivity index (χ0) is 26.8. The number of hydrogen-bond acceptors (Lipinski definition) is 6. The van der Waals surface area contributed by atoms with E-state index in [0.717, 1.165) is 42.0 Å². The number of likely N-dealkylation sites (tertiary alicyclic amines) is 1. The Balaban J connectivity index is 1.56. The molecule has 1 aliphatic rings. The Hall–Kier alpha value is -4.25. The number of amides is 1. The Bertz CT molecular complexity index is 1610. The van der Waals surface area contributed by atoms with Crippen LogP contribution in [0.1, 0.15) is 25.0 Å². The molecule has 2 aromatic carbocycles. The van der Waals surface area contributed by atoms with Gasteiger partial charge < -0.3 is 9.47 Å². The number of para-hydroxylation sites is 1. The first-order chi connectivity index (χ1) is 18.3. The van der Waals surface area contributed by atoms with Gasteiger partial charge in [-0.25, -0.2) is 9.67 Å². The molecule has 0 spiro atoms. The van der Waals surface area contributed by atoms with Crippen LogP contribution in [0.4, 0.5) is 11.4 Å². The molecule has 0 saturated carbocycles. The molecule has 10 nitrogen and oxygen atoms in total. The quantitative estimate of drug-likeness (QED) is 0.251. The van der Waals surface area contributed by atoms with Crippen molar-refractivity contribution in [2.75, 3.05) is 13.1 Å². The molecule has 0 bridgehead atoms. The number of thiazole rings is 1. The summed E-state index contributed by atoms with van der Waals surface area (Å²) >= 11 is 1.41. The molecule has 1 aliphatic heterocycles. The van der Waals surface area contributed by atoms with Crippen molar-refractivity contribution >= 4 is 28.6 Å². The number of aromatic nitrogens is 3. The lowest BCUT2D eigenvalue weighted by atomic mass is 10.1. The smallest absolute Gasteiger partial charge is 0.297 e. The first-order valence-electron chi connectivity index (χ1n) is 12.4. The second kappa shape index (κ2) is 10.6. The lowest BCUT2D eigenvalue weighted by molar-refractivity contribution is -0.384. The van der Waals surface area contributed by atoms with Crippen molar-refractivity contribution < 1.29 is 9.72 Å². The molecular weight excluding hydrogens is 504 g/mol. The third kappa shape index (κ3) is 4.84. The topological polar surface area (TPSA) is 108 Å². The predicted molar refractivity (Wildman–Crippen MR) is 146 cm³/mol. The number of benzene rings is 2. The first kappa shape index (κ1) is 25.4. The van der Waals surface area contributed by atoms with Crippen molar-refractivity contribution in [3.05, 3.63) is 90.9 Å². The highest BCUT2D eigenvalue weighted by atomic mass is 32.1. The van der Waals surface area contributed by atoms with Crippen LogP contribution in [0.2, 0.25) is 0 Å². The molecule has 196 valence electrons. The number of nitro benzene ring substituents is 1. The number of carbonyl (C=O) groups is 1. The highest BCUT2D eigenvalue weighted by Crippen LogP contribution is 2.24. The molecule has 5 rings (SSSR count). The third-order valence-electron chi connectivity index (χ3n) is 6.88. The fraction of sp³-hybridized carbons (Fsp3) is 0.296. The second-order valence-corrected chi connectivity index (χ2v) is 10.1. The van der Waals surface area contributed by atoms with Gasteiger partial charge in [-0.2, -0.15) is 0 Å². The van der Waals surface area contributed by atoms with Crippen molar-refractivity contribution in [1.82, 2.24) is 18.8 Å². The molecule has 1 amide bonds. The zero-order valence-corrected chi connectivity index (χ0v) is 22.1. The normalized spacial score (nSPS) is 14.0. The lowest BCUT2D eigenvalue weighted by Gasteiger charge is -2.16. The highest BCUT2D eigenvalue weighted by molar-refractivity contribution is 7.07. The van der Waals surface area contributed by atoms with E-state index in [0.29, 0.717) is 30.0 Å². The number of carbonyl (C=O) groups excluding carboxylic acids is 1. The summed E-state index contributed by atoms with van der Waals surface area (Å²) in [6.07, 6.45) is 2.21. The van der Waals surface area contributed by atoms with E-state index >= 15 is 0 Å². The van der Waals surface area contributed by atoms with Gasteiger partial charge in [0.15, 0.2) is 10.5 Å². The van der Waals surface area contributed by atoms with Gasteiger partial charge in [0, 0.05) is 50.6 Å². The van der Waals surface area contributed by atoms with Gasteiger partial charge in [-0.1, -0.05) is 18.2 Å².